The van der Waals surface area contributed by atoms with Gasteiger partial charge in [0.25, 0.3) is 0 Å². The number of benzene rings is 1. The highest BCUT2D eigenvalue weighted by atomic mass is 16.5. The molecule has 0 radical (unpaired) electrons. The fourth-order valence-electron chi connectivity index (χ4n) is 3.35. The van der Waals surface area contributed by atoms with Crippen LogP contribution in [0.5, 0.6) is 5.75 Å². The molecule has 0 amide bonds. The summed E-state index contributed by atoms with van der Waals surface area (Å²) in [5, 5.41) is 3.84. The lowest BCUT2D eigenvalue weighted by Crippen LogP contribution is -2.44. The summed E-state index contributed by atoms with van der Waals surface area (Å²) < 4.78 is 5.24. The zero-order chi connectivity index (χ0) is 15.2. The summed E-state index contributed by atoms with van der Waals surface area (Å²) in [4.78, 5) is 2.46. The quantitative estimate of drug-likeness (QED) is 0.868. The van der Waals surface area contributed by atoms with Crippen LogP contribution in [0.15, 0.2) is 24.3 Å². The molecule has 1 fully saturated rings. The maximum Gasteiger partial charge on any atom is 0.118 e. The van der Waals surface area contributed by atoms with Gasteiger partial charge in [0, 0.05) is 18.6 Å². The van der Waals surface area contributed by atoms with Crippen molar-refractivity contribution >= 4 is 0 Å². The van der Waals surface area contributed by atoms with E-state index in [-0.39, 0.29) is 0 Å². The van der Waals surface area contributed by atoms with Gasteiger partial charge in [-0.2, -0.15) is 0 Å². The number of rotatable bonds is 6. The molecule has 0 aliphatic carbocycles. The van der Waals surface area contributed by atoms with Crippen LogP contribution in [0.2, 0.25) is 0 Å². The molecule has 2 rings (SSSR count). The van der Waals surface area contributed by atoms with Gasteiger partial charge in [0.05, 0.1) is 7.11 Å². The molecule has 21 heavy (non-hydrogen) atoms. The van der Waals surface area contributed by atoms with Gasteiger partial charge in [-0.05, 0) is 63.4 Å². The normalized spacial score (nSPS) is 22.8. The molecule has 3 nitrogen and oxygen atoms in total. The van der Waals surface area contributed by atoms with Gasteiger partial charge in [-0.3, -0.25) is 0 Å². The lowest BCUT2D eigenvalue weighted by molar-refractivity contribution is 0.172. The van der Waals surface area contributed by atoms with Gasteiger partial charge >= 0.3 is 0 Å². The standard InChI is InChI=1S/C18H30N2O/c1-5-18(15-8-10-17(21-4)11-9-15)19-14(2)16-7-6-12-20(3)13-16/h8-11,14,16,18-19H,5-7,12-13H2,1-4H3. The van der Waals surface area contributed by atoms with E-state index in [1.165, 1.54) is 31.5 Å². The molecule has 0 saturated carbocycles. The Morgan fingerprint density at radius 2 is 2.05 bits per heavy atom. The van der Waals surface area contributed by atoms with Crippen molar-refractivity contribution in [1.82, 2.24) is 10.2 Å². The third-order valence-corrected chi connectivity index (χ3v) is 4.76. The van der Waals surface area contributed by atoms with Gasteiger partial charge < -0.3 is 15.0 Å². The second-order valence-corrected chi connectivity index (χ2v) is 6.35. The molecule has 1 aliphatic rings. The van der Waals surface area contributed by atoms with Crippen molar-refractivity contribution in [2.24, 2.45) is 5.92 Å². The largest absolute Gasteiger partial charge is 0.497 e. The van der Waals surface area contributed by atoms with Gasteiger partial charge in [0.1, 0.15) is 5.75 Å². The summed E-state index contributed by atoms with van der Waals surface area (Å²) >= 11 is 0. The van der Waals surface area contributed by atoms with E-state index < -0.39 is 0 Å². The van der Waals surface area contributed by atoms with Crippen LogP contribution in [0.3, 0.4) is 0 Å². The Hall–Kier alpha value is -1.06. The van der Waals surface area contributed by atoms with Crippen LogP contribution in [0.25, 0.3) is 0 Å². The molecule has 1 aliphatic heterocycles. The summed E-state index contributed by atoms with van der Waals surface area (Å²) in [6.07, 6.45) is 3.78. The van der Waals surface area contributed by atoms with Crippen LogP contribution in [0.1, 0.15) is 44.7 Å². The van der Waals surface area contributed by atoms with Crippen LogP contribution < -0.4 is 10.1 Å². The minimum absolute atomic E-state index is 0.429. The van der Waals surface area contributed by atoms with Crippen LogP contribution in [0.4, 0.5) is 0 Å². The lowest BCUT2D eigenvalue weighted by atomic mass is 9.90. The fourth-order valence-corrected chi connectivity index (χ4v) is 3.35. The van der Waals surface area contributed by atoms with Gasteiger partial charge in [-0.15, -0.1) is 0 Å². The number of methoxy groups -OCH3 is 1. The lowest BCUT2D eigenvalue weighted by Gasteiger charge is -2.35. The molecule has 3 unspecified atom stereocenters. The number of piperidine rings is 1. The predicted octanol–water partition coefficient (Wildman–Crippen LogP) is 3.47. The van der Waals surface area contributed by atoms with Gasteiger partial charge in [0.15, 0.2) is 0 Å². The first-order valence-corrected chi connectivity index (χ1v) is 8.22. The molecule has 1 saturated heterocycles. The molecule has 1 N–H and O–H groups in total. The monoisotopic (exact) mass is 290 g/mol. The molecule has 0 aromatic heterocycles. The van der Waals surface area contributed by atoms with E-state index in [2.05, 4.69) is 55.4 Å². The molecule has 3 heteroatoms. The van der Waals surface area contributed by atoms with Crippen molar-refractivity contribution in [2.45, 2.75) is 45.2 Å². The molecular formula is C18H30N2O. The maximum absolute atomic E-state index is 5.24. The van der Waals surface area contributed by atoms with Gasteiger partial charge in [-0.1, -0.05) is 19.1 Å². The molecule has 1 aromatic rings. The van der Waals surface area contributed by atoms with Crippen molar-refractivity contribution in [3.63, 3.8) is 0 Å². The van der Waals surface area contributed by atoms with Crippen LogP contribution in [0, 0.1) is 5.92 Å². The number of nitrogens with one attached hydrogen (secondary N) is 1. The summed E-state index contributed by atoms with van der Waals surface area (Å²) in [5.74, 6) is 1.69. The molecule has 1 aromatic carbocycles. The predicted molar refractivity (Wildman–Crippen MR) is 88.8 cm³/mol. The highest BCUT2D eigenvalue weighted by Gasteiger charge is 2.24. The number of ether oxygens (including phenoxy) is 1. The first-order chi connectivity index (χ1) is 10.1. The average molecular weight is 290 g/mol. The van der Waals surface area contributed by atoms with Gasteiger partial charge in [0.2, 0.25) is 0 Å². The molecule has 118 valence electrons. The van der Waals surface area contributed by atoms with Crippen molar-refractivity contribution in [3.8, 4) is 5.75 Å². The Kier molecular flexibility index (Phi) is 6.07. The Morgan fingerprint density at radius 3 is 2.62 bits per heavy atom. The van der Waals surface area contributed by atoms with Crippen molar-refractivity contribution < 1.29 is 4.74 Å². The maximum atomic E-state index is 5.24. The average Bonchev–Trinajstić information content (AvgIpc) is 2.52. The molecule has 0 bridgehead atoms. The van der Waals surface area contributed by atoms with Crippen LogP contribution in [-0.2, 0) is 0 Å². The summed E-state index contributed by atoms with van der Waals surface area (Å²) in [6.45, 7) is 7.06. The highest BCUT2D eigenvalue weighted by molar-refractivity contribution is 5.29. The number of hydrogen-bond acceptors (Lipinski definition) is 3. The number of hydrogen-bond donors (Lipinski definition) is 1. The summed E-state index contributed by atoms with van der Waals surface area (Å²) in [6, 6.07) is 9.45. The third kappa shape index (κ3) is 4.45. The van der Waals surface area contributed by atoms with Crippen LogP contribution >= 0.6 is 0 Å². The zero-order valence-corrected chi connectivity index (χ0v) is 13.9. The number of nitrogens with zero attached hydrogens (tertiary/aromatic N) is 1. The Bertz CT molecular complexity index is 418. The molecule has 1 heterocycles. The second kappa shape index (κ2) is 7.81. The first-order valence-electron chi connectivity index (χ1n) is 8.22. The van der Waals surface area contributed by atoms with Crippen molar-refractivity contribution in [2.75, 3.05) is 27.2 Å². The van der Waals surface area contributed by atoms with E-state index >= 15 is 0 Å². The number of likely N-dealkylation sites (tertiary alicyclic amines) is 1. The second-order valence-electron chi connectivity index (χ2n) is 6.35. The summed E-state index contributed by atoms with van der Waals surface area (Å²) in [5.41, 5.74) is 1.36. The first kappa shape index (κ1) is 16.3. The van der Waals surface area contributed by atoms with E-state index in [1.807, 2.05) is 0 Å². The SMILES string of the molecule is CCC(NC(C)C1CCCN(C)C1)c1ccc(OC)cc1. The molecule has 0 spiro atoms. The minimum atomic E-state index is 0.429. The van der Waals surface area contributed by atoms with Gasteiger partial charge in [-0.25, -0.2) is 0 Å². The Labute approximate surface area is 129 Å². The topological polar surface area (TPSA) is 24.5 Å². The van der Waals surface area contributed by atoms with Crippen LogP contribution in [-0.4, -0.2) is 38.2 Å². The van der Waals surface area contributed by atoms with E-state index in [0.29, 0.717) is 12.1 Å². The van der Waals surface area contributed by atoms with Crippen molar-refractivity contribution in [3.05, 3.63) is 29.8 Å². The minimum Gasteiger partial charge on any atom is -0.497 e. The van der Waals surface area contributed by atoms with E-state index in [0.717, 1.165) is 18.1 Å². The molecule has 3 atom stereocenters. The fraction of sp³-hybridized carbons (Fsp3) is 0.667. The zero-order valence-electron chi connectivity index (χ0n) is 13.9. The Balaban J connectivity index is 1.97. The van der Waals surface area contributed by atoms with Crippen molar-refractivity contribution in [1.29, 1.82) is 0 Å². The van der Waals surface area contributed by atoms with E-state index in [1.54, 1.807) is 7.11 Å². The smallest absolute Gasteiger partial charge is 0.118 e. The van der Waals surface area contributed by atoms with E-state index in [9.17, 15) is 0 Å². The third-order valence-electron chi connectivity index (χ3n) is 4.76. The van der Waals surface area contributed by atoms with E-state index in [4.69, 9.17) is 4.74 Å². The molecular weight excluding hydrogens is 260 g/mol. The summed E-state index contributed by atoms with van der Waals surface area (Å²) in [7, 11) is 3.95. The Morgan fingerprint density at radius 1 is 1.33 bits per heavy atom. The highest BCUT2D eigenvalue weighted by Crippen LogP contribution is 2.24.